The first-order valence-electron chi connectivity index (χ1n) is 12.3. The zero-order valence-corrected chi connectivity index (χ0v) is 21.1. The van der Waals surface area contributed by atoms with Crippen molar-refractivity contribution in [2.45, 2.75) is 51.9 Å². The van der Waals surface area contributed by atoms with Gasteiger partial charge in [-0.05, 0) is 66.5 Å². The van der Waals surface area contributed by atoms with Crippen LogP contribution in [0.15, 0.2) is 50.8 Å². The average Bonchev–Trinajstić information content (AvgIpc) is 3.63. The molecule has 2 aliphatic rings. The lowest BCUT2D eigenvalue weighted by Gasteiger charge is -2.36. The molecule has 194 valence electrons. The Bertz CT molecular complexity index is 1130. The van der Waals surface area contributed by atoms with E-state index >= 15 is 0 Å². The van der Waals surface area contributed by atoms with Crippen molar-refractivity contribution in [2.75, 3.05) is 13.2 Å². The average molecular weight is 516 g/mol. The van der Waals surface area contributed by atoms with Gasteiger partial charge >= 0.3 is 0 Å². The summed E-state index contributed by atoms with van der Waals surface area (Å²) in [6.45, 7) is 1.28. The van der Waals surface area contributed by atoms with E-state index in [2.05, 4.69) is 0 Å². The van der Waals surface area contributed by atoms with Crippen molar-refractivity contribution in [3.05, 3.63) is 62.8 Å². The van der Waals surface area contributed by atoms with E-state index < -0.39 is 30.5 Å². The van der Waals surface area contributed by atoms with E-state index in [1.165, 1.54) is 16.2 Å². The maximum Gasteiger partial charge on any atom is 0.234 e. The van der Waals surface area contributed by atoms with Crippen LogP contribution in [0.1, 0.15) is 49.0 Å². The van der Waals surface area contributed by atoms with E-state index in [0.29, 0.717) is 35.5 Å². The summed E-state index contributed by atoms with van der Waals surface area (Å²) in [5, 5.41) is 42.7. The summed E-state index contributed by atoms with van der Waals surface area (Å²) in [6.07, 6.45) is 2.71. The van der Waals surface area contributed by atoms with Crippen LogP contribution in [0.2, 0.25) is 0 Å². The number of thiophene rings is 1. The Hall–Kier alpha value is -2.56. The van der Waals surface area contributed by atoms with E-state index in [1.54, 1.807) is 12.1 Å². The van der Waals surface area contributed by atoms with Gasteiger partial charge in [0.2, 0.25) is 11.8 Å². The highest BCUT2D eigenvalue weighted by molar-refractivity contribution is 7.09. The molecule has 0 bridgehead atoms. The molecule has 0 unspecified atom stereocenters. The molecule has 0 radical (unpaired) electrons. The molecule has 1 aliphatic heterocycles. The van der Waals surface area contributed by atoms with Gasteiger partial charge in [0.25, 0.3) is 0 Å². The predicted molar refractivity (Wildman–Crippen MR) is 134 cm³/mol. The maximum atomic E-state index is 13.3. The highest BCUT2D eigenvalue weighted by atomic mass is 32.1. The van der Waals surface area contributed by atoms with Gasteiger partial charge in [-0.1, -0.05) is 18.6 Å². The fourth-order valence-electron chi connectivity index (χ4n) is 5.47. The summed E-state index contributed by atoms with van der Waals surface area (Å²) in [6, 6.07) is 7.22. The minimum atomic E-state index is -0.973. The van der Waals surface area contributed by atoms with Crippen LogP contribution in [-0.4, -0.2) is 56.5 Å². The largest absolute Gasteiger partial charge is 0.459 e. The highest BCUT2D eigenvalue weighted by Crippen LogP contribution is 2.46. The topological polar surface area (TPSA) is 131 Å². The van der Waals surface area contributed by atoms with Crippen LogP contribution in [0, 0.1) is 17.8 Å². The third-order valence-corrected chi connectivity index (χ3v) is 8.15. The molecule has 1 saturated heterocycles. The number of carbonyl (C=O) groups excluding carboxylic acids is 2. The van der Waals surface area contributed by atoms with Gasteiger partial charge in [0.1, 0.15) is 18.1 Å². The van der Waals surface area contributed by atoms with Crippen molar-refractivity contribution in [1.29, 1.82) is 0 Å². The Kier molecular flexibility index (Phi) is 8.58. The van der Waals surface area contributed by atoms with Crippen LogP contribution in [-0.2, 0) is 22.7 Å². The number of aliphatic hydroxyl groups is 4. The molecule has 1 aliphatic carbocycles. The monoisotopic (exact) mass is 515 g/mol. The Labute approximate surface area is 214 Å². The summed E-state index contributed by atoms with van der Waals surface area (Å²) >= 11 is 1.47. The Morgan fingerprint density at radius 1 is 1.19 bits per heavy atom. The molecule has 2 aromatic rings. The first-order valence-corrected chi connectivity index (χ1v) is 13.2. The van der Waals surface area contributed by atoms with Gasteiger partial charge in [0, 0.05) is 10.8 Å². The normalized spacial score (nSPS) is 23.5. The number of imide groups is 1. The van der Waals surface area contributed by atoms with Crippen molar-refractivity contribution < 1.29 is 34.4 Å². The SMILES string of the molecule is CC/C(=C\c1ccc(CO)o1)CC[C@@H](O)C1=C(CO)C[C@H]2C(=O)N(Cc3cccs3)C(=O)[C@H]2[C@H]1CO. The van der Waals surface area contributed by atoms with Crippen LogP contribution < -0.4 is 0 Å². The molecular weight excluding hydrogens is 482 g/mol. The van der Waals surface area contributed by atoms with Crippen molar-refractivity contribution in [3.63, 3.8) is 0 Å². The van der Waals surface area contributed by atoms with Gasteiger partial charge in [-0.2, -0.15) is 0 Å². The van der Waals surface area contributed by atoms with Crippen molar-refractivity contribution >= 4 is 29.2 Å². The first kappa shape index (κ1) is 26.5. The highest BCUT2D eigenvalue weighted by Gasteiger charge is 2.54. The number of allylic oxidation sites excluding steroid dienone is 1. The molecule has 2 aromatic heterocycles. The summed E-state index contributed by atoms with van der Waals surface area (Å²) < 4.78 is 5.54. The molecule has 0 spiro atoms. The molecule has 8 nitrogen and oxygen atoms in total. The van der Waals surface area contributed by atoms with E-state index in [9.17, 15) is 30.0 Å². The Balaban J connectivity index is 1.52. The maximum absolute atomic E-state index is 13.3. The minimum absolute atomic E-state index is 0.178. The second-order valence-electron chi connectivity index (χ2n) is 9.36. The molecule has 1 fully saturated rings. The van der Waals surface area contributed by atoms with Crippen LogP contribution in [0.5, 0.6) is 0 Å². The van der Waals surface area contributed by atoms with Crippen molar-refractivity contribution in [2.24, 2.45) is 17.8 Å². The van der Waals surface area contributed by atoms with Crippen LogP contribution in [0.25, 0.3) is 6.08 Å². The van der Waals surface area contributed by atoms with Gasteiger partial charge in [-0.3, -0.25) is 14.5 Å². The lowest BCUT2D eigenvalue weighted by molar-refractivity contribution is -0.140. The lowest BCUT2D eigenvalue weighted by atomic mass is 9.68. The summed E-state index contributed by atoms with van der Waals surface area (Å²) in [7, 11) is 0. The van der Waals surface area contributed by atoms with E-state index in [0.717, 1.165) is 16.9 Å². The Morgan fingerprint density at radius 2 is 2.00 bits per heavy atom. The lowest BCUT2D eigenvalue weighted by Crippen LogP contribution is -2.39. The number of carbonyl (C=O) groups is 2. The molecule has 4 rings (SSSR count). The van der Waals surface area contributed by atoms with E-state index in [-0.39, 0.29) is 38.0 Å². The predicted octanol–water partition coefficient (Wildman–Crippen LogP) is 2.87. The molecular formula is C27H33NO7S. The number of fused-ring (bicyclic) bond motifs is 1. The Morgan fingerprint density at radius 3 is 2.61 bits per heavy atom. The van der Waals surface area contributed by atoms with Gasteiger partial charge in [-0.15, -0.1) is 11.3 Å². The zero-order valence-electron chi connectivity index (χ0n) is 20.3. The van der Waals surface area contributed by atoms with Gasteiger partial charge < -0.3 is 24.8 Å². The minimum Gasteiger partial charge on any atom is -0.459 e. The van der Waals surface area contributed by atoms with Gasteiger partial charge in [0.05, 0.1) is 37.7 Å². The number of furan rings is 1. The zero-order chi connectivity index (χ0) is 25.8. The molecule has 3 heterocycles. The van der Waals surface area contributed by atoms with Crippen LogP contribution in [0.3, 0.4) is 0 Å². The molecule has 0 saturated carbocycles. The fraction of sp³-hybridized carbons (Fsp3) is 0.481. The van der Waals surface area contributed by atoms with Crippen LogP contribution in [0.4, 0.5) is 0 Å². The third-order valence-electron chi connectivity index (χ3n) is 7.29. The first-order chi connectivity index (χ1) is 17.4. The second-order valence-corrected chi connectivity index (χ2v) is 10.4. The van der Waals surface area contributed by atoms with Crippen molar-refractivity contribution in [1.82, 2.24) is 4.90 Å². The number of likely N-dealkylation sites (tertiary alicyclic amines) is 1. The standard InChI is InChI=1S/C27H33NO7S/c1-2-16(10-18-6-7-19(14-30)35-18)5-8-23(32)24-17(13-29)11-21-25(22(24)15-31)27(34)28(26(21)33)12-20-4-3-9-36-20/h3-4,6-7,9-10,21-23,25,29-32H,2,5,8,11-15H2,1H3/b16-10+/t21-,22+,23-,25-/m1/s1. The summed E-state index contributed by atoms with van der Waals surface area (Å²) in [4.78, 5) is 28.7. The molecule has 36 heavy (non-hydrogen) atoms. The quantitative estimate of drug-likeness (QED) is 0.267. The van der Waals surface area contributed by atoms with Crippen LogP contribution >= 0.6 is 11.3 Å². The summed E-state index contributed by atoms with van der Waals surface area (Å²) in [5.41, 5.74) is 2.04. The molecule has 0 aromatic carbocycles. The molecule has 4 N–H and O–H groups in total. The van der Waals surface area contributed by atoms with Gasteiger partial charge in [-0.25, -0.2) is 0 Å². The smallest absolute Gasteiger partial charge is 0.234 e. The molecule has 9 heteroatoms. The number of aliphatic hydroxyl groups excluding tert-OH is 4. The second kappa shape index (κ2) is 11.7. The van der Waals surface area contributed by atoms with Crippen molar-refractivity contribution in [3.8, 4) is 0 Å². The van der Waals surface area contributed by atoms with E-state index in [1.807, 2.05) is 30.5 Å². The number of rotatable bonds is 11. The number of amides is 2. The number of nitrogens with zero attached hydrogens (tertiary/aromatic N) is 1. The van der Waals surface area contributed by atoms with E-state index in [4.69, 9.17) is 4.42 Å². The van der Waals surface area contributed by atoms with Gasteiger partial charge in [0.15, 0.2) is 0 Å². The third kappa shape index (κ3) is 5.26. The summed E-state index contributed by atoms with van der Waals surface area (Å²) in [5.74, 6) is -1.63. The molecule has 2 amide bonds. The molecule has 4 atom stereocenters. The fourth-order valence-corrected chi connectivity index (χ4v) is 6.16. The number of hydrogen-bond acceptors (Lipinski definition) is 8. The number of hydrogen-bond donors (Lipinski definition) is 4.